The first-order chi connectivity index (χ1) is 7.06. The molecule has 1 N–H and O–H groups in total. The number of nitriles is 1. The van der Waals surface area contributed by atoms with Crippen LogP contribution in [0.2, 0.25) is 0 Å². The van der Waals surface area contributed by atoms with Gasteiger partial charge in [-0.3, -0.25) is 0 Å². The zero-order valence-electron chi connectivity index (χ0n) is 8.74. The molecular formula is C11H13FN2O. The second-order valence-corrected chi connectivity index (χ2v) is 3.48. The Morgan fingerprint density at radius 1 is 1.53 bits per heavy atom. The van der Waals surface area contributed by atoms with E-state index in [0.29, 0.717) is 11.3 Å². The van der Waals surface area contributed by atoms with Crippen molar-refractivity contribution in [3.05, 3.63) is 29.6 Å². The number of rotatable bonds is 3. The summed E-state index contributed by atoms with van der Waals surface area (Å²) >= 11 is 0. The Labute approximate surface area is 88.4 Å². The number of aliphatic hydroxyl groups excluding tert-OH is 1. The van der Waals surface area contributed by atoms with Gasteiger partial charge in [-0.2, -0.15) is 5.26 Å². The van der Waals surface area contributed by atoms with Gasteiger partial charge >= 0.3 is 0 Å². The highest BCUT2D eigenvalue weighted by molar-refractivity contribution is 5.53. The quantitative estimate of drug-likeness (QED) is 0.824. The summed E-state index contributed by atoms with van der Waals surface area (Å²) in [5, 5.41) is 18.2. The van der Waals surface area contributed by atoms with Gasteiger partial charge in [0.05, 0.1) is 18.6 Å². The normalized spacial score (nSPS) is 11.9. The summed E-state index contributed by atoms with van der Waals surface area (Å²) in [6.45, 7) is 0. The van der Waals surface area contributed by atoms with Crippen molar-refractivity contribution in [3.8, 4) is 6.07 Å². The van der Waals surface area contributed by atoms with Gasteiger partial charge in [-0.15, -0.1) is 0 Å². The van der Waals surface area contributed by atoms with E-state index in [1.165, 1.54) is 18.2 Å². The Bertz CT molecular complexity index is 385. The summed E-state index contributed by atoms with van der Waals surface area (Å²) in [5.41, 5.74) is 1.17. The molecule has 0 aliphatic carbocycles. The molecule has 0 aromatic heterocycles. The molecule has 0 heterocycles. The van der Waals surface area contributed by atoms with Crippen LogP contribution in [0.4, 0.5) is 10.1 Å². The topological polar surface area (TPSA) is 47.3 Å². The van der Waals surface area contributed by atoms with Crippen molar-refractivity contribution in [2.75, 3.05) is 19.0 Å². The van der Waals surface area contributed by atoms with Crippen molar-refractivity contribution in [2.24, 2.45) is 0 Å². The molecule has 1 aromatic carbocycles. The fraction of sp³-hybridized carbons (Fsp3) is 0.364. The lowest BCUT2D eigenvalue weighted by Gasteiger charge is -2.19. The van der Waals surface area contributed by atoms with Gasteiger partial charge < -0.3 is 10.0 Å². The first-order valence-corrected chi connectivity index (χ1v) is 4.58. The number of benzene rings is 1. The fourth-order valence-corrected chi connectivity index (χ4v) is 1.38. The standard InChI is InChI=1S/C11H13FN2O/c1-14(2)10-7-8(12)3-4-9(10)11(15)5-6-13/h3-4,7,11,15H,5H2,1-2H3. The first kappa shape index (κ1) is 11.5. The van der Waals surface area contributed by atoms with E-state index in [0.717, 1.165) is 0 Å². The third-order valence-corrected chi connectivity index (χ3v) is 2.12. The van der Waals surface area contributed by atoms with Gasteiger partial charge in [0.1, 0.15) is 5.82 Å². The van der Waals surface area contributed by atoms with E-state index in [4.69, 9.17) is 5.26 Å². The van der Waals surface area contributed by atoms with Crippen LogP contribution in [0.25, 0.3) is 0 Å². The molecule has 0 fully saturated rings. The average molecular weight is 208 g/mol. The number of hydrogen-bond acceptors (Lipinski definition) is 3. The Morgan fingerprint density at radius 2 is 2.20 bits per heavy atom. The molecular weight excluding hydrogens is 195 g/mol. The highest BCUT2D eigenvalue weighted by Gasteiger charge is 2.14. The summed E-state index contributed by atoms with van der Waals surface area (Å²) < 4.78 is 13.0. The molecule has 0 aliphatic heterocycles. The minimum atomic E-state index is -0.868. The van der Waals surface area contributed by atoms with Crippen LogP contribution in [0.5, 0.6) is 0 Å². The van der Waals surface area contributed by atoms with E-state index in [1.54, 1.807) is 19.0 Å². The highest BCUT2D eigenvalue weighted by Crippen LogP contribution is 2.27. The fourth-order valence-electron chi connectivity index (χ4n) is 1.38. The SMILES string of the molecule is CN(C)c1cc(F)ccc1C(O)CC#N. The lowest BCUT2D eigenvalue weighted by Crippen LogP contribution is -2.13. The van der Waals surface area contributed by atoms with Crippen LogP contribution in [0.1, 0.15) is 18.1 Å². The molecule has 0 saturated carbocycles. The van der Waals surface area contributed by atoms with Gasteiger partial charge in [-0.25, -0.2) is 4.39 Å². The van der Waals surface area contributed by atoms with Crippen LogP contribution in [-0.4, -0.2) is 19.2 Å². The molecule has 15 heavy (non-hydrogen) atoms. The maximum atomic E-state index is 13.0. The van der Waals surface area contributed by atoms with Crippen molar-refractivity contribution in [2.45, 2.75) is 12.5 Å². The molecule has 4 heteroatoms. The Kier molecular flexibility index (Phi) is 3.64. The molecule has 0 saturated heterocycles. The number of anilines is 1. The Balaban J connectivity index is 3.12. The van der Waals surface area contributed by atoms with Crippen LogP contribution in [0.3, 0.4) is 0 Å². The van der Waals surface area contributed by atoms with Gasteiger partial charge in [-0.05, 0) is 12.1 Å². The van der Waals surface area contributed by atoms with E-state index >= 15 is 0 Å². The zero-order valence-corrected chi connectivity index (χ0v) is 8.74. The van der Waals surface area contributed by atoms with Crippen LogP contribution in [0, 0.1) is 17.1 Å². The molecule has 1 atom stereocenters. The van der Waals surface area contributed by atoms with E-state index < -0.39 is 6.10 Å². The summed E-state index contributed by atoms with van der Waals surface area (Å²) in [6.07, 6.45) is -0.861. The first-order valence-electron chi connectivity index (χ1n) is 4.58. The van der Waals surface area contributed by atoms with Gasteiger partial charge in [0, 0.05) is 25.3 Å². The largest absolute Gasteiger partial charge is 0.387 e. The minimum Gasteiger partial charge on any atom is -0.387 e. The molecule has 1 rings (SSSR count). The maximum absolute atomic E-state index is 13.0. The third kappa shape index (κ3) is 2.67. The number of halogens is 1. The molecule has 80 valence electrons. The Morgan fingerprint density at radius 3 is 2.73 bits per heavy atom. The van der Waals surface area contributed by atoms with Crippen molar-refractivity contribution >= 4 is 5.69 Å². The third-order valence-electron chi connectivity index (χ3n) is 2.12. The van der Waals surface area contributed by atoms with Crippen LogP contribution >= 0.6 is 0 Å². The van der Waals surface area contributed by atoms with Crippen molar-refractivity contribution in [1.82, 2.24) is 0 Å². The molecule has 0 radical (unpaired) electrons. The zero-order chi connectivity index (χ0) is 11.4. The van der Waals surface area contributed by atoms with E-state index in [1.807, 2.05) is 6.07 Å². The molecule has 0 aliphatic rings. The second kappa shape index (κ2) is 4.76. The second-order valence-electron chi connectivity index (χ2n) is 3.48. The smallest absolute Gasteiger partial charge is 0.125 e. The minimum absolute atomic E-state index is 0.00642. The lowest BCUT2D eigenvalue weighted by molar-refractivity contribution is 0.184. The summed E-state index contributed by atoms with van der Waals surface area (Å²) in [4.78, 5) is 1.71. The molecule has 0 spiro atoms. The lowest BCUT2D eigenvalue weighted by atomic mass is 10.0. The van der Waals surface area contributed by atoms with Gasteiger partial charge in [0.25, 0.3) is 0 Å². The molecule has 1 unspecified atom stereocenters. The van der Waals surface area contributed by atoms with Crippen LogP contribution in [0.15, 0.2) is 18.2 Å². The predicted octanol–water partition coefficient (Wildman–Crippen LogP) is 1.84. The van der Waals surface area contributed by atoms with Crippen molar-refractivity contribution in [1.29, 1.82) is 5.26 Å². The number of aliphatic hydroxyl groups is 1. The van der Waals surface area contributed by atoms with Crippen molar-refractivity contribution < 1.29 is 9.50 Å². The summed E-state index contributed by atoms with van der Waals surface area (Å²) in [6, 6.07) is 6.01. The summed E-state index contributed by atoms with van der Waals surface area (Å²) in [5.74, 6) is -0.355. The van der Waals surface area contributed by atoms with Gasteiger partial charge in [0.2, 0.25) is 0 Å². The highest BCUT2D eigenvalue weighted by atomic mass is 19.1. The molecule has 0 amide bonds. The van der Waals surface area contributed by atoms with Gasteiger partial charge in [0.15, 0.2) is 0 Å². The number of nitrogens with zero attached hydrogens (tertiary/aromatic N) is 2. The summed E-state index contributed by atoms with van der Waals surface area (Å²) in [7, 11) is 3.52. The average Bonchev–Trinajstić information content (AvgIpc) is 2.17. The van der Waals surface area contributed by atoms with Crippen LogP contribution < -0.4 is 4.90 Å². The maximum Gasteiger partial charge on any atom is 0.125 e. The molecule has 1 aromatic rings. The van der Waals surface area contributed by atoms with Gasteiger partial charge in [-0.1, -0.05) is 6.07 Å². The molecule has 3 nitrogen and oxygen atoms in total. The monoisotopic (exact) mass is 208 g/mol. The van der Waals surface area contributed by atoms with E-state index in [2.05, 4.69) is 0 Å². The predicted molar refractivity (Wildman–Crippen MR) is 55.9 cm³/mol. The molecule has 0 bridgehead atoms. The van der Waals surface area contributed by atoms with E-state index in [9.17, 15) is 9.50 Å². The van der Waals surface area contributed by atoms with Crippen LogP contribution in [-0.2, 0) is 0 Å². The number of hydrogen-bond donors (Lipinski definition) is 1. The van der Waals surface area contributed by atoms with E-state index in [-0.39, 0.29) is 12.2 Å². The van der Waals surface area contributed by atoms with Crippen molar-refractivity contribution in [3.63, 3.8) is 0 Å². The Hall–Kier alpha value is -1.60.